The second-order valence-corrected chi connectivity index (χ2v) is 4.19. The quantitative estimate of drug-likeness (QED) is 0.691. The summed E-state index contributed by atoms with van der Waals surface area (Å²) < 4.78 is 0. The van der Waals surface area contributed by atoms with Crippen LogP contribution in [0, 0.1) is 12.3 Å². The van der Waals surface area contributed by atoms with Gasteiger partial charge in [0, 0.05) is 11.5 Å². The van der Waals surface area contributed by atoms with E-state index in [0.717, 1.165) is 30.4 Å². The van der Waals surface area contributed by atoms with Gasteiger partial charge in [-0.25, -0.2) is 0 Å². The van der Waals surface area contributed by atoms with Crippen LogP contribution < -0.4 is 0 Å². The minimum atomic E-state index is -0.215. The highest BCUT2D eigenvalue weighted by molar-refractivity contribution is 5.42. The number of rotatable bonds is 1. The van der Waals surface area contributed by atoms with E-state index < -0.39 is 0 Å². The van der Waals surface area contributed by atoms with E-state index in [1.54, 1.807) is 0 Å². The zero-order valence-electron chi connectivity index (χ0n) is 8.82. The molecule has 15 heavy (non-hydrogen) atoms. The first-order chi connectivity index (χ1) is 7.33. The number of hydrogen-bond donors (Lipinski definition) is 1. The second kappa shape index (κ2) is 4.51. The second-order valence-electron chi connectivity index (χ2n) is 4.19. The van der Waals surface area contributed by atoms with E-state index in [9.17, 15) is 5.11 Å². The molecule has 78 valence electrons. The molecule has 0 bridgehead atoms. The Bertz CT molecular complexity index is 375. The standard InChI is InChI=1S/C14H16O/c1-2-11-7-3-4-8-12(11)13-9-5-6-10-14(13)15/h1,3-4,7-8,13-15H,5-6,9-10H2/t13-,14+/m0/s1. The highest BCUT2D eigenvalue weighted by Crippen LogP contribution is 2.34. The summed E-state index contributed by atoms with van der Waals surface area (Å²) in [7, 11) is 0. The van der Waals surface area contributed by atoms with Crippen molar-refractivity contribution in [2.45, 2.75) is 37.7 Å². The highest BCUT2D eigenvalue weighted by atomic mass is 16.3. The molecule has 1 aliphatic carbocycles. The predicted molar refractivity (Wildman–Crippen MR) is 61.6 cm³/mol. The van der Waals surface area contributed by atoms with Crippen molar-refractivity contribution >= 4 is 0 Å². The third-order valence-electron chi connectivity index (χ3n) is 3.25. The molecule has 0 aromatic heterocycles. The number of aliphatic hydroxyl groups is 1. The maximum Gasteiger partial charge on any atom is 0.0609 e. The smallest absolute Gasteiger partial charge is 0.0609 e. The van der Waals surface area contributed by atoms with Crippen molar-refractivity contribution < 1.29 is 5.11 Å². The first-order valence-electron chi connectivity index (χ1n) is 5.56. The van der Waals surface area contributed by atoms with Crippen LogP contribution in [-0.4, -0.2) is 11.2 Å². The number of aliphatic hydroxyl groups excluding tert-OH is 1. The van der Waals surface area contributed by atoms with Crippen molar-refractivity contribution in [3.05, 3.63) is 35.4 Å². The topological polar surface area (TPSA) is 20.2 Å². The summed E-state index contributed by atoms with van der Waals surface area (Å²) in [4.78, 5) is 0. The molecule has 0 aliphatic heterocycles. The van der Waals surface area contributed by atoms with Gasteiger partial charge in [-0.3, -0.25) is 0 Å². The van der Waals surface area contributed by atoms with Gasteiger partial charge in [0.05, 0.1) is 6.10 Å². The molecule has 1 N–H and O–H groups in total. The minimum Gasteiger partial charge on any atom is -0.392 e. The molecule has 1 heteroatoms. The van der Waals surface area contributed by atoms with Crippen LogP contribution in [-0.2, 0) is 0 Å². The summed E-state index contributed by atoms with van der Waals surface area (Å²) in [6, 6.07) is 7.95. The molecule has 1 aliphatic rings. The van der Waals surface area contributed by atoms with Crippen LogP contribution in [0.15, 0.2) is 24.3 Å². The van der Waals surface area contributed by atoms with Crippen molar-refractivity contribution in [3.63, 3.8) is 0 Å². The normalized spacial score (nSPS) is 25.9. The fourth-order valence-corrected chi connectivity index (χ4v) is 2.43. The molecule has 1 fully saturated rings. The van der Waals surface area contributed by atoms with Crippen LogP contribution in [0.4, 0.5) is 0 Å². The van der Waals surface area contributed by atoms with Gasteiger partial charge in [-0.05, 0) is 24.5 Å². The Hall–Kier alpha value is -1.26. The zero-order valence-corrected chi connectivity index (χ0v) is 8.82. The third kappa shape index (κ3) is 2.06. The number of benzene rings is 1. The van der Waals surface area contributed by atoms with E-state index in [4.69, 9.17) is 6.42 Å². The van der Waals surface area contributed by atoms with E-state index in [-0.39, 0.29) is 12.0 Å². The summed E-state index contributed by atoms with van der Waals surface area (Å²) in [5.74, 6) is 2.94. The molecule has 1 aromatic carbocycles. The van der Waals surface area contributed by atoms with Gasteiger partial charge >= 0.3 is 0 Å². The third-order valence-corrected chi connectivity index (χ3v) is 3.25. The summed E-state index contributed by atoms with van der Waals surface area (Å²) in [5.41, 5.74) is 2.08. The molecule has 0 amide bonds. The Morgan fingerprint density at radius 1 is 1.20 bits per heavy atom. The van der Waals surface area contributed by atoms with E-state index in [1.165, 1.54) is 6.42 Å². The van der Waals surface area contributed by atoms with Crippen LogP contribution >= 0.6 is 0 Å². The van der Waals surface area contributed by atoms with Crippen LogP contribution in [0.3, 0.4) is 0 Å². The highest BCUT2D eigenvalue weighted by Gasteiger charge is 2.25. The zero-order chi connectivity index (χ0) is 10.7. The summed E-state index contributed by atoms with van der Waals surface area (Å²) in [5, 5.41) is 9.97. The fourth-order valence-electron chi connectivity index (χ4n) is 2.43. The lowest BCUT2D eigenvalue weighted by molar-refractivity contribution is 0.106. The molecular weight excluding hydrogens is 184 g/mol. The van der Waals surface area contributed by atoms with Gasteiger partial charge < -0.3 is 5.11 Å². The summed E-state index contributed by atoms with van der Waals surface area (Å²) in [6.45, 7) is 0. The van der Waals surface area contributed by atoms with E-state index in [2.05, 4.69) is 12.0 Å². The number of terminal acetylenes is 1. The molecule has 0 spiro atoms. The minimum absolute atomic E-state index is 0.215. The maximum absolute atomic E-state index is 9.97. The Morgan fingerprint density at radius 2 is 1.93 bits per heavy atom. The van der Waals surface area contributed by atoms with Gasteiger partial charge in [-0.15, -0.1) is 6.42 Å². The van der Waals surface area contributed by atoms with E-state index in [0.29, 0.717) is 0 Å². The monoisotopic (exact) mass is 200 g/mol. The summed E-state index contributed by atoms with van der Waals surface area (Å²) >= 11 is 0. The average molecular weight is 200 g/mol. The predicted octanol–water partition coefficient (Wildman–Crippen LogP) is 2.69. The first kappa shape index (κ1) is 10.3. The maximum atomic E-state index is 9.97. The van der Waals surface area contributed by atoms with Crippen molar-refractivity contribution in [1.29, 1.82) is 0 Å². The Morgan fingerprint density at radius 3 is 2.67 bits per heavy atom. The Balaban J connectivity index is 2.31. The van der Waals surface area contributed by atoms with Gasteiger partial charge in [0.15, 0.2) is 0 Å². The lowest BCUT2D eigenvalue weighted by atomic mass is 9.80. The molecule has 1 aromatic rings. The molecular formula is C14H16O. The van der Waals surface area contributed by atoms with E-state index >= 15 is 0 Å². The van der Waals surface area contributed by atoms with Crippen molar-refractivity contribution in [2.24, 2.45) is 0 Å². The van der Waals surface area contributed by atoms with Gasteiger partial charge in [0.2, 0.25) is 0 Å². The van der Waals surface area contributed by atoms with Crippen LogP contribution in [0.2, 0.25) is 0 Å². The van der Waals surface area contributed by atoms with Crippen LogP contribution in [0.5, 0.6) is 0 Å². The lowest BCUT2D eigenvalue weighted by Crippen LogP contribution is -2.23. The van der Waals surface area contributed by atoms with E-state index in [1.807, 2.05) is 18.2 Å². The molecule has 0 saturated heterocycles. The number of hydrogen-bond acceptors (Lipinski definition) is 1. The molecule has 0 unspecified atom stereocenters. The van der Waals surface area contributed by atoms with Crippen molar-refractivity contribution in [2.75, 3.05) is 0 Å². The van der Waals surface area contributed by atoms with Crippen molar-refractivity contribution in [3.8, 4) is 12.3 Å². The molecule has 1 nitrogen and oxygen atoms in total. The molecule has 2 atom stereocenters. The largest absolute Gasteiger partial charge is 0.392 e. The van der Waals surface area contributed by atoms with Gasteiger partial charge in [0.1, 0.15) is 0 Å². The van der Waals surface area contributed by atoms with Gasteiger partial charge in [-0.2, -0.15) is 0 Å². The van der Waals surface area contributed by atoms with Crippen molar-refractivity contribution in [1.82, 2.24) is 0 Å². The van der Waals surface area contributed by atoms with Gasteiger partial charge in [-0.1, -0.05) is 37.0 Å². The molecule has 0 radical (unpaired) electrons. The average Bonchev–Trinajstić information content (AvgIpc) is 2.30. The SMILES string of the molecule is C#Cc1ccccc1[C@@H]1CCCC[C@H]1O. The van der Waals surface area contributed by atoms with Crippen LogP contribution in [0.25, 0.3) is 0 Å². The van der Waals surface area contributed by atoms with Gasteiger partial charge in [0.25, 0.3) is 0 Å². The van der Waals surface area contributed by atoms with Crippen LogP contribution in [0.1, 0.15) is 42.7 Å². The molecule has 2 rings (SSSR count). The molecule has 1 saturated carbocycles. The lowest BCUT2D eigenvalue weighted by Gasteiger charge is -2.28. The Kier molecular flexibility index (Phi) is 3.08. The fraction of sp³-hybridized carbons (Fsp3) is 0.429. The molecule has 0 heterocycles. The first-order valence-corrected chi connectivity index (χ1v) is 5.56. The Labute approximate surface area is 91.1 Å². The summed E-state index contributed by atoms with van der Waals surface area (Å²) in [6.07, 6.45) is 9.55.